The molecule has 0 radical (unpaired) electrons. The Labute approximate surface area is 163 Å². The molecular formula is C20H23N5O3. The van der Waals surface area contributed by atoms with Crippen LogP contribution in [0, 0.1) is 30.1 Å². The fourth-order valence-electron chi connectivity index (χ4n) is 3.03. The minimum Gasteiger partial charge on any atom is -0.478 e. The molecule has 0 aliphatic heterocycles. The van der Waals surface area contributed by atoms with E-state index in [1.165, 1.54) is 31.2 Å². The molecule has 0 bridgehead atoms. The fraction of sp³-hybridized carbons (Fsp3) is 0.350. The van der Waals surface area contributed by atoms with E-state index < -0.39 is 5.97 Å². The Kier molecular flexibility index (Phi) is 7.04. The lowest BCUT2D eigenvalue weighted by atomic mass is 9.98. The van der Waals surface area contributed by atoms with Crippen LogP contribution in [0.1, 0.15) is 47.8 Å². The second-order valence-corrected chi connectivity index (χ2v) is 6.73. The van der Waals surface area contributed by atoms with E-state index in [9.17, 15) is 9.59 Å². The van der Waals surface area contributed by atoms with Crippen molar-refractivity contribution in [3.8, 4) is 6.07 Å². The minimum absolute atomic E-state index is 0.111. The third kappa shape index (κ3) is 5.51. The van der Waals surface area contributed by atoms with Gasteiger partial charge < -0.3 is 16.2 Å². The number of nitriles is 1. The largest absolute Gasteiger partial charge is 0.478 e. The maximum Gasteiger partial charge on any atom is 0.335 e. The van der Waals surface area contributed by atoms with E-state index in [0.29, 0.717) is 28.8 Å². The van der Waals surface area contributed by atoms with Crippen LogP contribution in [0.5, 0.6) is 0 Å². The zero-order valence-electron chi connectivity index (χ0n) is 15.8. The van der Waals surface area contributed by atoms with Crippen molar-refractivity contribution >= 4 is 23.5 Å². The van der Waals surface area contributed by atoms with Crippen molar-refractivity contribution in [2.45, 2.75) is 33.1 Å². The number of aromatic carboxylic acids is 1. The number of hydrogen-bond acceptors (Lipinski definition) is 6. The molecule has 2 aromatic rings. The summed E-state index contributed by atoms with van der Waals surface area (Å²) in [6, 6.07) is 8.21. The van der Waals surface area contributed by atoms with Gasteiger partial charge in [-0.15, -0.1) is 0 Å². The Morgan fingerprint density at radius 1 is 1.29 bits per heavy atom. The highest BCUT2D eigenvalue weighted by atomic mass is 16.4. The molecule has 0 spiro atoms. The Hall–Kier alpha value is -3.47. The Morgan fingerprint density at radius 3 is 2.39 bits per heavy atom. The van der Waals surface area contributed by atoms with Gasteiger partial charge in [-0.25, -0.2) is 14.8 Å². The lowest BCUT2D eigenvalue weighted by Crippen LogP contribution is -2.24. The number of nitrogens with zero attached hydrogens (tertiary/aromatic N) is 3. The lowest BCUT2D eigenvalue weighted by molar-refractivity contribution is -0.122. The maximum absolute atomic E-state index is 10.7. The van der Waals surface area contributed by atoms with E-state index in [2.05, 4.69) is 22.2 Å². The molecule has 1 saturated carbocycles. The van der Waals surface area contributed by atoms with Crippen LogP contribution in [-0.2, 0) is 4.79 Å². The zero-order valence-corrected chi connectivity index (χ0v) is 15.8. The summed E-state index contributed by atoms with van der Waals surface area (Å²) < 4.78 is 0. The summed E-state index contributed by atoms with van der Waals surface area (Å²) in [5.74, 6) is -0.0240. The number of carbonyl (C=O) groups is 2. The first kappa shape index (κ1) is 20.8. The second kappa shape index (κ2) is 9.46. The average molecular weight is 381 g/mol. The molecule has 1 aromatic carbocycles. The smallest absolute Gasteiger partial charge is 0.335 e. The summed E-state index contributed by atoms with van der Waals surface area (Å²) >= 11 is 0. The van der Waals surface area contributed by atoms with Crippen LogP contribution in [0.3, 0.4) is 0 Å². The average Bonchev–Trinajstić information content (AvgIpc) is 3.09. The highest BCUT2D eigenvalue weighted by molar-refractivity contribution is 5.88. The van der Waals surface area contributed by atoms with Crippen molar-refractivity contribution in [2.24, 2.45) is 17.6 Å². The van der Waals surface area contributed by atoms with Crippen LogP contribution >= 0.6 is 0 Å². The Bertz CT molecular complexity index is 890. The van der Waals surface area contributed by atoms with Gasteiger partial charge in [0.2, 0.25) is 11.9 Å². The van der Waals surface area contributed by atoms with E-state index in [4.69, 9.17) is 16.1 Å². The predicted octanol–water partition coefficient (Wildman–Crippen LogP) is 3.01. The number of primary amides is 1. The van der Waals surface area contributed by atoms with Crippen LogP contribution in [-0.4, -0.2) is 27.0 Å². The number of carboxylic acid groups (broad SMARTS) is 1. The summed E-state index contributed by atoms with van der Waals surface area (Å²) in [5, 5.41) is 20.5. The van der Waals surface area contributed by atoms with Gasteiger partial charge in [0.1, 0.15) is 6.07 Å². The molecule has 146 valence electrons. The highest BCUT2D eigenvalue weighted by Crippen LogP contribution is 2.30. The number of aromatic nitrogens is 2. The molecule has 1 fully saturated rings. The first-order valence-corrected chi connectivity index (χ1v) is 8.95. The van der Waals surface area contributed by atoms with E-state index in [1.807, 2.05) is 6.07 Å². The molecule has 4 N–H and O–H groups in total. The van der Waals surface area contributed by atoms with Crippen molar-refractivity contribution in [1.82, 2.24) is 9.97 Å². The molecule has 1 aromatic heterocycles. The summed E-state index contributed by atoms with van der Waals surface area (Å²) in [6.45, 7) is 3.82. The van der Waals surface area contributed by atoms with Gasteiger partial charge in [-0.1, -0.05) is 13.3 Å². The van der Waals surface area contributed by atoms with E-state index in [1.54, 1.807) is 19.1 Å². The minimum atomic E-state index is -0.975. The molecule has 1 aliphatic carbocycles. The van der Waals surface area contributed by atoms with Crippen molar-refractivity contribution in [3.63, 3.8) is 0 Å². The van der Waals surface area contributed by atoms with Crippen LogP contribution in [0.4, 0.5) is 11.6 Å². The predicted molar refractivity (Wildman–Crippen MR) is 104 cm³/mol. The number of nitrogens with one attached hydrogen (secondary N) is 1. The van der Waals surface area contributed by atoms with Crippen molar-refractivity contribution in [3.05, 3.63) is 47.3 Å². The number of nitrogens with two attached hydrogens (primary N) is 1. The lowest BCUT2D eigenvalue weighted by Gasteiger charge is -2.08. The third-order valence-electron chi connectivity index (χ3n) is 4.71. The summed E-state index contributed by atoms with van der Waals surface area (Å²) in [6.07, 6.45) is 4.80. The molecule has 28 heavy (non-hydrogen) atoms. The third-order valence-corrected chi connectivity index (χ3v) is 4.71. The molecule has 8 nitrogen and oxygen atoms in total. The van der Waals surface area contributed by atoms with E-state index in [0.717, 1.165) is 6.42 Å². The number of aryl methyl sites for hydroxylation is 1. The topological polar surface area (TPSA) is 142 Å². The molecule has 8 heteroatoms. The van der Waals surface area contributed by atoms with Gasteiger partial charge in [0, 0.05) is 11.6 Å². The normalized spacial score (nSPS) is 17.8. The quantitative estimate of drug-likeness (QED) is 0.739. The number of benzene rings is 1. The fourth-order valence-corrected chi connectivity index (χ4v) is 3.03. The van der Waals surface area contributed by atoms with Gasteiger partial charge in [0.25, 0.3) is 0 Å². The summed E-state index contributed by atoms with van der Waals surface area (Å²) in [5.41, 5.74) is 7.04. The SMILES string of the molecule is CC1CCCC1C(N)=O.Cc1nc(Nc2ccc(C(=O)O)cc2)ncc1C#N. The van der Waals surface area contributed by atoms with E-state index >= 15 is 0 Å². The first-order valence-electron chi connectivity index (χ1n) is 8.95. The molecule has 1 aliphatic rings. The monoisotopic (exact) mass is 381 g/mol. The molecule has 2 atom stereocenters. The van der Waals surface area contributed by atoms with Gasteiger partial charge in [0.15, 0.2) is 0 Å². The summed E-state index contributed by atoms with van der Waals surface area (Å²) in [7, 11) is 0. The first-order chi connectivity index (χ1) is 13.3. The molecule has 2 unspecified atom stereocenters. The van der Waals surface area contributed by atoms with Gasteiger partial charge in [0.05, 0.1) is 23.0 Å². The molecule has 3 rings (SSSR count). The van der Waals surface area contributed by atoms with Gasteiger partial charge in [-0.3, -0.25) is 4.79 Å². The van der Waals surface area contributed by atoms with Crippen LogP contribution < -0.4 is 11.1 Å². The number of rotatable bonds is 4. The van der Waals surface area contributed by atoms with Crippen molar-refractivity contribution in [1.29, 1.82) is 5.26 Å². The Morgan fingerprint density at radius 2 is 1.96 bits per heavy atom. The van der Waals surface area contributed by atoms with Crippen molar-refractivity contribution in [2.75, 3.05) is 5.32 Å². The van der Waals surface area contributed by atoms with Gasteiger partial charge in [-0.2, -0.15) is 5.26 Å². The number of amides is 1. The molecule has 1 amide bonds. The number of carbonyl (C=O) groups excluding carboxylic acids is 1. The van der Waals surface area contributed by atoms with E-state index in [-0.39, 0.29) is 17.4 Å². The molecule has 0 saturated heterocycles. The van der Waals surface area contributed by atoms with Gasteiger partial charge in [-0.05, 0) is 49.9 Å². The standard InChI is InChI=1S/C13H10N4O2.C7H13NO/c1-8-10(6-14)7-15-13(16-8)17-11-4-2-9(3-5-11)12(18)19;1-5-3-2-4-6(5)7(8)9/h2-5,7H,1H3,(H,18,19)(H,15,16,17);5-6H,2-4H2,1H3,(H2,8,9). The summed E-state index contributed by atoms with van der Waals surface area (Å²) in [4.78, 5) is 29.5. The second-order valence-electron chi connectivity index (χ2n) is 6.73. The Balaban J connectivity index is 0.000000261. The van der Waals surface area contributed by atoms with Crippen molar-refractivity contribution < 1.29 is 14.7 Å². The van der Waals surface area contributed by atoms with Crippen LogP contribution in [0.25, 0.3) is 0 Å². The molecular weight excluding hydrogens is 358 g/mol. The number of anilines is 2. The number of hydrogen-bond donors (Lipinski definition) is 3. The maximum atomic E-state index is 10.7. The number of carboxylic acids is 1. The van der Waals surface area contributed by atoms with Gasteiger partial charge >= 0.3 is 5.97 Å². The molecule has 1 heterocycles. The van der Waals surface area contributed by atoms with Crippen LogP contribution in [0.2, 0.25) is 0 Å². The zero-order chi connectivity index (χ0) is 20.7. The van der Waals surface area contributed by atoms with Crippen LogP contribution in [0.15, 0.2) is 30.5 Å². The highest BCUT2D eigenvalue weighted by Gasteiger charge is 2.27.